The van der Waals surface area contributed by atoms with Gasteiger partial charge in [-0.3, -0.25) is 0 Å². The van der Waals surface area contributed by atoms with E-state index in [4.69, 9.17) is 0 Å². The van der Waals surface area contributed by atoms with E-state index in [1.54, 1.807) is 0 Å². The highest BCUT2D eigenvalue weighted by Crippen LogP contribution is 2.42. The molecule has 0 saturated heterocycles. The van der Waals surface area contributed by atoms with Crippen LogP contribution in [0.3, 0.4) is 0 Å². The second-order valence-electron chi connectivity index (χ2n) is 6.64. The van der Waals surface area contributed by atoms with E-state index < -0.39 is 0 Å². The fourth-order valence-corrected chi connectivity index (χ4v) is 3.87. The minimum atomic E-state index is 0.427. The molecule has 0 unspecified atom stereocenters. The third kappa shape index (κ3) is 2.15. The lowest BCUT2D eigenvalue weighted by atomic mass is 9.88. The van der Waals surface area contributed by atoms with E-state index in [9.17, 15) is 5.11 Å². The minimum Gasteiger partial charge on any atom is -0.507 e. The second-order valence-corrected chi connectivity index (χ2v) is 6.64. The molecule has 23 heavy (non-hydrogen) atoms. The third-order valence-electron chi connectivity index (χ3n) is 5.10. The highest BCUT2D eigenvalue weighted by atomic mass is 16.3. The van der Waals surface area contributed by atoms with Gasteiger partial charge in [0.2, 0.25) is 0 Å². The zero-order chi connectivity index (χ0) is 16.0. The molecule has 0 heterocycles. The van der Waals surface area contributed by atoms with Crippen LogP contribution in [0.2, 0.25) is 0 Å². The Bertz CT molecular complexity index is 997. The molecule has 0 aliphatic heterocycles. The van der Waals surface area contributed by atoms with E-state index in [1.165, 1.54) is 57.3 Å². The highest BCUT2D eigenvalue weighted by molar-refractivity contribution is 6.25. The highest BCUT2D eigenvalue weighted by Gasteiger charge is 2.15. The first-order valence-electron chi connectivity index (χ1n) is 8.59. The fourth-order valence-electron chi connectivity index (χ4n) is 3.87. The topological polar surface area (TPSA) is 20.2 Å². The van der Waals surface area contributed by atoms with Gasteiger partial charge in [-0.05, 0) is 58.5 Å². The molecule has 0 aliphatic rings. The maximum Gasteiger partial charge on any atom is 0.124 e. The minimum absolute atomic E-state index is 0.427. The summed E-state index contributed by atoms with van der Waals surface area (Å²) in [6.45, 7) is 4.35. The van der Waals surface area contributed by atoms with Crippen LogP contribution >= 0.6 is 0 Å². The molecule has 0 spiro atoms. The Morgan fingerprint density at radius 2 is 1.52 bits per heavy atom. The average molecular weight is 302 g/mol. The third-order valence-corrected chi connectivity index (χ3v) is 5.10. The molecule has 0 fully saturated rings. The monoisotopic (exact) mass is 302 g/mol. The van der Waals surface area contributed by atoms with Crippen molar-refractivity contribution in [3.05, 3.63) is 53.6 Å². The van der Waals surface area contributed by atoms with E-state index in [-0.39, 0.29) is 0 Å². The fraction of sp³-hybridized carbons (Fsp3) is 0.273. The number of phenolic OH excluding ortho intramolecular Hbond substituents is 1. The summed E-state index contributed by atoms with van der Waals surface area (Å²) in [5.74, 6) is 0.427. The molecule has 116 valence electrons. The molecule has 4 aromatic rings. The lowest BCUT2D eigenvalue weighted by molar-refractivity contribution is 0.482. The molecular weight excluding hydrogens is 280 g/mol. The number of aromatic hydroxyl groups is 1. The van der Waals surface area contributed by atoms with Gasteiger partial charge in [-0.1, -0.05) is 56.2 Å². The van der Waals surface area contributed by atoms with Gasteiger partial charge in [0.1, 0.15) is 5.75 Å². The Kier molecular flexibility index (Phi) is 3.37. The van der Waals surface area contributed by atoms with Crippen LogP contribution in [0, 0.1) is 6.92 Å². The molecule has 1 nitrogen and oxygen atoms in total. The zero-order valence-corrected chi connectivity index (χ0v) is 13.8. The van der Waals surface area contributed by atoms with Gasteiger partial charge >= 0.3 is 0 Å². The quantitative estimate of drug-likeness (QED) is 0.345. The summed E-state index contributed by atoms with van der Waals surface area (Å²) < 4.78 is 0. The van der Waals surface area contributed by atoms with Crippen molar-refractivity contribution in [3.8, 4) is 5.75 Å². The molecule has 0 aromatic heterocycles. The Balaban J connectivity index is 2.10. The molecule has 1 heteroatoms. The average Bonchev–Trinajstić information content (AvgIpc) is 2.56. The summed E-state index contributed by atoms with van der Waals surface area (Å²) in [6, 6.07) is 15.1. The van der Waals surface area contributed by atoms with E-state index >= 15 is 0 Å². The Hall–Kier alpha value is -2.28. The van der Waals surface area contributed by atoms with E-state index in [0.717, 1.165) is 11.8 Å². The number of rotatable bonds is 4. The van der Waals surface area contributed by atoms with Crippen molar-refractivity contribution in [1.82, 2.24) is 0 Å². The molecular formula is C22H22O. The summed E-state index contributed by atoms with van der Waals surface area (Å²) in [4.78, 5) is 0. The van der Waals surface area contributed by atoms with Crippen molar-refractivity contribution >= 4 is 32.3 Å². The van der Waals surface area contributed by atoms with Gasteiger partial charge < -0.3 is 5.11 Å². The van der Waals surface area contributed by atoms with Crippen LogP contribution < -0.4 is 0 Å². The van der Waals surface area contributed by atoms with Crippen LogP contribution in [-0.4, -0.2) is 5.11 Å². The first-order valence-corrected chi connectivity index (χ1v) is 8.59. The van der Waals surface area contributed by atoms with Crippen LogP contribution in [0.25, 0.3) is 32.3 Å². The Morgan fingerprint density at radius 1 is 0.826 bits per heavy atom. The predicted octanol–water partition coefficient (Wildman–Crippen LogP) is 6.33. The number of hydrogen-bond acceptors (Lipinski definition) is 1. The van der Waals surface area contributed by atoms with Crippen LogP contribution in [-0.2, 0) is 6.42 Å². The molecule has 0 aliphatic carbocycles. The van der Waals surface area contributed by atoms with Crippen LogP contribution in [0.15, 0.2) is 42.5 Å². The van der Waals surface area contributed by atoms with Gasteiger partial charge in [-0.15, -0.1) is 0 Å². The largest absolute Gasteiger partial charge is 0.507 e. The van der Waals surface area contributed by atoms with Gasteiger partial charge in [0.05, 0.1) is 0 Å². The molecule has 4 rings (SSSR count). The number of hydrogen-bond donors (Lipinski definition) is 1. The first kappa shape index (κ1) is 14.3. The summed E-state index contributed by atoms with van der Waals surface area (Å²) >= 11 is 0. The second kappa shape index (κ2) is 5.42. The van der Waals surface area contributed by atoms with Crippen molar-refractivity contribution in [1.29, 1.82) is 0 Å². The Morgan fingerprint density at radius 3 is 2.30 bits per heavy atom. The zero-order valence-electron chi connectivity index (χ0n) is 13.8. The molecule has 0 saturated carbocycles. The lowest BCUT2D eigenvalue weighted by Gasteiger charge is -2.16. The number of phenols is 1. The molecule has 0 bridgehead atoms. The van der Waals surface area contributed by atoms with Crippen molar-refractivity contribution in [3.63, 3.8) is 0 Å². The van der Waals surface area contributed by atoms with E-state index in [0.29, 0.717) is 5.75 Å². The van der Waals surface area contributed by atoms with Crippen molar-refractivity contribution in [2.75, 3.05) is 0 Å². The summed E-state index contributed by atoms with van der Waals surface area (Å²) in [5.41, 5.74) is 2.50. The number of aryl methyl sites for hydroxylation is 2. The van der Waals surface area contributed by atoms with Gasteiger partial charge in [0.25, 0.3) is 0 Å². The smallest absolute Gasteiger partial charge is 0.124 e. The van der Waals surface area contributed by atoms with Gasteiger partial charge in [-0.25, -0.2) is 0 Å². The molecule has 0 radical (unpaired) electrons. The predicted molar refractivity (Wildman–Crippen MR) is 99.8 cm³/mol. The van der Waals surface area contributed by atoms with E-state index in [1.807, 2.05) is 6.07 Å². The van der Waals surface area contributed by atoms with E-state index in [2.05, 4.69) is 50.2 Å². The van der Waals surface area contributed by atoms with Crippen LogP contribution in [0.4, 0.5) is 0 Å². The lowest BCUT2D eigenvalue weighted by Crippen LogP contribution is -1.92. The Labute approximate surface area is 136 Å². The number of unbranched alkanes of at least 4 members (excludes halogenated alkanes) is 2. The molecule has 0 atom stereocenters. The van der Waals surface area contributed by atoms with Crippen LogP contribution in [0.5, 0.6) is 5.75 Å². The van der Waals surface area contributed by atoms with Gasteiger partial charge in [0.15, 0.2) is 0 Å². The van der Waals surface area contributed by atoms with Crippen LogP contribution in [0.1, 0.15) is 37.3 Å². The van der Waals surface area contributed by atoms with Crippen molar-refractivity contribution in [2.24, 2.45) is 0 Å². The number of benzene rings is 4. The summed E-state index contributed by atoms with van der Waals surface area (Å²) in [6.07, 6.45) is 4.67. The maximum absolute atomic E-state index is 10.7. The normalized spacial score (nSPS) is 11.9. The SMILES string of the molecule is CCCCCc1ccc2ccc3ccc(C)c4cc(O)c1c2c34. The van der Waals surface area contributed by atoms with Gasteiger partial charge in [-0.2, -0.15) is 0 Å². The first-order chi connectivity index (χ1) is 11.2. The molecule has 1 N–H and O–H groups in total. The molecule has 0 amide bonds. The molecule has 4 aromatic carbocycles. The van der Waals surface area contributed by atoms with Crippen molar-refractivity contribution < 1.29 is 5.11 Å². The van der Waals surface area contributed by atoms with Crippen molar-refractivity contribution in [2.45, 2.75) is 39.5 Å². The standard InChI is InChI=1S/C22H22O/c1-3-4-5-6-15-9-11-17-12-10-16-8-7-14(2)18-13-19(23)21(15)22(17)20(16)18/h7-13,23H,3-6H2,1-2H3. The maximum atomic E-state index is 10.7. The summed E-state index contributed by atoms with van der Waals surface area (Å²) in [5, 5.41) is 18.0. The summed E-state index contributed by atoms with van der Waals surface area (Å²) in [7, 11) is 0. The van der Waals surface area contributed by atoms with Gasteiger partial charge in [0, 0.05) is 10.8 Å².